The highest BCUT2D eigenvalue weighted by molar-refractivity contribution is 6.07. The molecule has 0 bridgehead atoms. The Morgan fingerprint density at radius 3 is 2.30 bits per heavy atom. The molecule has 0 unspecified atom stereocenters. The van der Waals surface area contributed by atoms with Crippen LogP contribution in [0.1, 0.15) is 46.1 Å². The molecule has 2 aliphatic rings. The lowest BCUT2D eigenvalue weighted by molar-refractivity contribution is -0.136. The van der Waals surface area contributed by atoms with E-state index in [-0.39, 0.29) is 18.0 Å². The molecular formula is C24H35N3O3. The molecule has 0 aliphatic carbocycles. The topological polar surface area (TPSA) is 53.1 Å². The molecule has 0 saturated carbocycles. The van der Waals surface area contributed by atoms with Gasteiger partial charge >= 0.3 is 6.03 Å². The second-order valence-electron chi connectivity index (χ2n) is 8.91. The van der Waals surface area contributed by atoms with E-state index in [0.29, 0.717) is 19.4 Å². The molecule has 0 radical (unpaired) electrons. The Bertz CT molecular complexity index is 788. The van der Waals surface area contributed by atoms with E-state index in [1.165, 1.54) is 10.5 Å². The number of amides is 3. The van der Waals surface area contributed by atoms with Crippen molar-refractivity contribution in [3.63, 3.8) is 0 Å². The Hall–Kier alpha value is -2.34. The zero-order valence-electron chi connectivity index (χ0n) is 19.0. The van der Waals surface area contributed by atoms with E-state index in [1.54, 1.807) is 7.11 Å². The van der Waals surface area contributed by atoms with Gasteiger partial charge in [0.15, 0.2) is 0 Å². The molecule has 164 valence electrons. The van der Waals surface area contributed by atoms with Crippen LogP contribution in [0.25, 0.3) is 0 Å². The number of urea groups is 1. The lowest BCUT2D eigenvalue weighted by Crippen LogP contribution is -2.57. The summed E-state index contributed by atoms with van der Waals surface area (Å²) in [6, 6.07) is 7.65. The second-order valence-corrected chi connectivity index (χ2v) is 8.91. The van der Waals surface area contributed by atoms with Crippen molar-refractivity contribution in [2.45, 2.75) is 58.5 Å². The first-order valence-electron chi connectivity index (χ1n) is 10.9. The summed E-state index contributed by atoms with van der Waals surface area (Å²) in [5, 5.41) is 0. The largest absolute Gasteiger partial charge is 0.497 e. The van der Waals surface area contributed by atoms with Crippen molar-refractivity contribution in [3.05, 3.63) is 41.5 Å². The van der Waals surface area contributed by atoms with E-state index in [1.807, 2.05) is 43.0 Å². The van der Waals surface area contributed by atoms with Crippen LogP contribution >= 0.6 is 0 Å². The van der Waals surface area contributed by atoms with E-state index in [2.05, 4.69) is 24.8 Å². The van der Waals surface area contributed by atoms with Gasteiger partial charge in [-0.2, -0.15) is 0 Å². The van der Waals surface area contributed by atoms with Crippen molar-refractivity contribution in [1.29, 1.82) is 0 Å². The van der Waals surface area contributed by atoms with Gasteiger partial charge in [-0.3, -0.25) is 14.6 Å². The van der Waals surface area contributed by atoms with Crippen molar-refractivity contribution in [3.8, 4) is 5.75 Å². The number of methoxy groups -OCH3 is 1. The predicted molar refractivity (Wildman–Crippen MR) is 119 cm³/mol. The molecule has 2 saturated heterocycles. The summed E-state index contributed by atoms with van der Waals surface area (Å²) in [5.41, 5.74) is 1.74. The van der Waals surface area contributed by atoms with Crippen molar-refractivity contribution >= 4 is 11.9 Å². The van der Waals surface area contributed by atoms with E-state index in [4.69, 9.17) is 4.74 Å². The fourth-order valence-corrected chi connectivity index (χ4v) is 4.44. The first-order valence-corrected chi connectivity index (χ1v) is 10.9. The Labute approximate surface area is 180 Å². The van der Waals surface area contributed by atoms with Gasteiger partial charge in [-0.25, -0.2) is 4.79 Å². The van der Waals surface area contributed by atoms with Gasteiger partial charge in [-0.15, -0.1) is 0 Å². The Morgan fingerprint density at radius 2 is 1.77 bits per heavy atom. The third-order valence-corrected chi connectivity index (χ3v) is 6.31. The van der Waals surface area contributed by atoms with Gasteiger partial charge in [0.2, 0.25) is 0 Å². The summed E-state index contributed by atoms with van der Waals surface area (Å²) in [6.07, 6.45) is 4.33. The van der Waals surface area contributed by atoms with Crippen LogP contribution in [-0.4, -0.2) is 71.5 Å². The minimum absolute atomic E-state index is 0.0147. The molecule has 1 aromatic rings. The minimum Gasteiger partial charge on any atom is -0.497 e. The van der Waals surface area contributed by atoms with E-state index < -0.39 is 5.54 Å². The van der Waals surface area contributed by atoms with Crippen LogP contribution in [0.4, 0.5) is 4.79 Å². The van der Waals surface area contributed by atoms with Crippen molar-refractivity contribution in [1.82, 2.24) is 14.7 Å². The molecule has 2 fully saturated rings. The standard InChI is InChI=1S/C24H35N3O3/c1-18(2)10-14-25-16-12-24(13-17-25)22(28)27(19(3)4)23(29)26(24)15-11-20-6-8-21(30-5)9-7-20/h6-10,19H,11-17H2,1-5H3. The van der Waals surface area contributed by atoms with Gasteiger partial charge in [-0.05, 0) is 64.7 Å². The molecule has 1 aromatic carbocycles. The monoisotopic (exact) mass is 413 g/mol. The van der Waals surface area contributed by atoms with Gasteiger partial charge in [0.05, 0.1) is 7.11 Å². The fraction of sp³-hybridized carbons (Fsp3) is 0.583. The van der Waals surface area contributed by atoms with Crippen LogP contribution < -0.4 is 4.74 Å². The molecule has 6 heteroatoms. The number of hydrogen-bond acceptors (Lipinski definition) is 4. The first-order chi connectivity index (χ1) is 14.3. The zero-order chi connectivity index (χ0) is 21.9. The van der Waals surface area contributed by atoms with Gasteiger partial charge < -0.3 is 9.64 Å². The van der Waals surface area contributed by atoms with E-state index in [0.717, 1.165) is 37.4 Å². The van der Waals surface area contributed by atoms with Gasteiger partial charge in [0.1, 0.15) is 11.3 Å². The van der Waals surface area contributed by atoms with Crippen molar-refractivity contribution < 1.29 is 14.3 Å². The van der Waals surface area contributed by atoms with Crippen molar-refractivity contribution in [2.24, 2.45) is 0 Å². The highest BCUT2D eigenvalue weighted by Gasteiger charge is 2.58. The van der Waals surface area contributed by atoms with Crippen LogP contribution in [0.3, 0.4) is 0 Å². The second kappa shape index (κ2) is 9.21. The smallest absolute Gasteiger partial charge is 0.327 e. The maximum absolute atomic E-state index is 13.4. The number of carbonyl (C=O) groups is 2. The van der Waals surface area contributed by atoms with Crippen LogP contribution in [0.5, 0.6) is 5.75 Å². The minimum atomic E-state index is -0.699. The number of likely N-dealkylation sites (tertiary alicyclic amines) is 1. The molecule has 2 heterocycles. The highest BCUT2D eigenvalue weighted by Crippen LogP contribution is 2.38. The lowest BCUT2D eigenvalue weighted by Gasteiger charge is -2.42. The average molecular weight is 414 g/mol. The SMILES string of the molecule is COc1ccc(CCN2C(=O)N(C(C)C)C(=O)C23CCN(CC=C(C)C)CC3)cc1. The summed E-state index contributed by atoms with van der Waals surface area (Å²) < 4.78 is 5.23. The first kappa shape index (κ1) is 22.3. The maximum atomic E-state index is 13.4. The Kier molecular flexibility index (Phi) is 6.86. The lowest BCUT2D eigenvalue weighted by atomic mass is 9.85. The number of hydrogen-bond donors (Lipinski definition) is 0. The summed E-state index contributed by atoms with van der Waals surface area (Å²) >= 11 is 0. The third-order valence-electron chi connectivity index (χ3n) is 6.31. The molecule has 6 nitrogen and oxygen atoms in total. The molecule has 30 heavy (non-hydrogen) atoms. The summed E-state index contributed by atoms with van der Waals surface area (Å²) in [6.45, 7) is 11.1. The van der Waals surface area contributed by atoms with Crippen LogP contribution in [0.2, 0.25) is 0 Å². The molecule has 0 N–H and O–H groups in total. The Morgan fingerprint density at radius 1 is 1.13 bits per heavy atom. The Balaban J connectivity index is 1.77. The molecular weight excluding hydrogens is 378 g/mol. The quantitative estimate of drug-likeness (QED) is 0.505. The molecule has 2 aliphatic heterocycles. The summed E-state index contributed by atoms with van der Waals surface area (Å²) in [4.78, 5) is 32.4. The normalized spacial score (nSPS) is 19.1. The molecule has 0 aromatic heterocycles. The molecule has 1 spiro atoms. The van der Waals surface area contributed by atoms with Crippen LogP contribution in [0, 0.1) is 0 Å². The number of benzene rings is 1. The van der Waals surface area contributed by atoms with E-state index in [9.17, 15) is 9.59 Å². The molecule has 3 amide bonds. The van der Waals surface area contributed by atoms with Gasteiger partial charge in [-0.1, -0.05) is 23.8 Å². The number of imide groups is 1. The number of nitrogens with zero attached hydrogens (tertiary/aromatic N) is 3. The predicted octanol–water partition coefficient (Wildman–Crippen LogP) is 3.71. The average Bonchev–Trinajstić information content (AvgIpc) is 2.92. The third kappa shape index (κ3) is 4.38. The number of carbonyl (C=O) groups excluding carboxylic acids is 2. The maximum Gasteiger partial charge on any atom is 0.327 e. The zero-order valence-corrected chi connectivity index (χ0v) is 19.0. The highest BCUT2D eigenvalue weighted by atomic mass is 16.5. The number of allylic oxidation sites excluding steroid dienone is 1. The number of piperidine rings is 1. The van der Waals surface area contributed by atoms with E-state index >= 15 is 0 Å². The van der Waals surface area contributed by atoms with Crippen molar-refractivity contribution in [2.75, 3.05) is 33.3 Å². The number of ether oxygens (including phenoxy) is 1. The molecule has 0 atom stereocenters. The summed E-state index contributed by atoms with van der Waals surface area (Å²) in [7, 11) is 1.65. The van der Waals surface area contributed by atoms with Crippen LogP contribution in [-0.2, 0) is 11.2 Å². The number of rotatable bonds is 7. The molecule has 3 rings (SSSR count). The fourth-order valence-electron chi connectivity index (χ4n) is 4.44. The van der Waals surface area contributed by atoms with Gasteiger partial charge in [0.25, 0.3) is 5.91 Å². The van der Waals surface area contributed by atoms with Gasteiger partial charge in [0, 0.05) is 32.2 Å². The summed E-state index contributed by atoms with van der Waals surface area (Å²) in [5.74, 6) is 0.802. The van der Waals surface area contributed by atoms with Crippen LogP contribution in [0.15, 0.2) is 35.9 Å².